The number of esters is 1. The molecule has 160 valence electrons. The zero-order chi connectivity index (χ0) is 22.1. The maximum Gasteiger partial charge on any atom is 0.336 e. The van der Waals surface area contributed by atoms with Gasteiger partial charge in [-0.15, -0.1) is 0 Å². The van der Waals surface area contributed by atoms with Gasteiger partial charge < -0.3 is 9.47 Å². The van der Waals surface area contributed by atoms with Crippen LogP contribution < -0.4 is 9.64 Å². The number of carbonyl (C=O) groups excluding carboxylic acids is 2. The molecule has 0 aromatic heterocycles. The molecule has 0 spiro atoms. The monoisotopic (exact) mass is 425 g/mol. The summed E-state index contributed by atoms with van der Waals surface area (Å²) in [6, 6.07) is 25.3. The first-order valence-corrected chi connectivity index (χ1v) is 10.7. The van der Waals surface area contributed by atoms with E-state index in [1.807, 2.05) is 85.8 Å². The van der Waals surface area contributed by atoms with Crippen molar-refractivity contribution in [3.05, 3.63) is 107 Å². The van der Waals surface area contributed by atoms with Crippen LogP contribution in [-0.4, -0.2) is 18.5 Å². The summed E-state index contributed by atoms with van der Waals surface area (Å²) < 4.78 is 11.2. The Bertz CT molecular complexity index is 1180. The van der Waals surface area contributed by atoms with Crippen LogP contribution in [0.2, 0.25) is 0 Å². The third kappa shape index (κ3) is 3.78. The van der Waals surface area contributed by atoms with E-state index in [-0.39, 0.29) is 30.8 Å². The van der Waals surface area contributed by atoms with Crippen molar-refractivity contribution >= 4 is 17.6 Å². The zero-order valence-electron chi connectivity index (χ0n) is 17.8. The van der Waals surface area contributed by atoms with Crippen LogP contribution in [0.3, 0.4) is 0 Å². The van der Waals surface area contributed by atoms with Gasteiger partial charge in [-0.2, -0.15) is 0 Å². The van der Waals surface area contributed by atoms with Crippen molar-refractivity contribution in [2.75, 3.05) is 11.5 Å². The van der Waals surface area contributed by atoms with E-state index in [2.05, 4.69) is 0 Å². The van der Waals surface area contributed by atoms with Crippen molar-refractivity contribution in [2.24, 2.45) is 0 Å². The quantitative estimate of drug-likeness (QED) is 0.546. The average Bonchev–Trinajstić information content (AvgIpc) is 3.20. The Labute approximate surface area is 186 Å². The normalized spacial score (nSPS) is 17.9. The van der Waals surface area contributed by atoms with Gasteiger partial charge in [0.2, 0.25) is 5.91 Å². The van der Waals surface area contributed by atoms with Crippen LogP contribution >= 0.6 is 0 Å². The number of ether oxygens (including phenoxy) is 2. The molecule has 3 aromatic rings. The SMILES string of the molecule is Cc1ccc(N2C(=O)C[C@H](c3ccc(OCc4ccccc4)cc3)C3=C2COC3=O)cc1. The van der Waals surface area contributed by atoms with Crippen LogP contribution in [0.5, 0.6) is 5.75 Å². The highest BCUT2D eigenvalue weighted by Crippen LogP contribution is 2.42. The van der Waals surface area contributed by atoms with Gasteiger partial charge in [-0.25, -0.2) is 4.79 Å². The highest BCUT2D eigenvalue weighted by atomic mass is 16.5. The van der Waals surface area contributed by atoms with E-state index in [4.69, 9.17) is 9.47 Å². The van der Waals surface area contributed by atoms with Gasteiger partial charge in [0.1, 0.15) is 19.0 Å². The Balaban J connectivity index is 1.40. The van der Waals surface area contributed by atoms with Crippen LogP contribution in [0.4, 0.5) is 5.69 Å². The third-order valence-electron chi connectivity index (χ3n) is 5.94. The molecule has 5 rings (SSSR count). The molecule has 2 heterocycles. The number of amides is 1. The molecule has 0 fully saturated rings. The molecule has 0 bridgehead atoms. The average molecular weight is 425 g/mol. The van der Waals surface area contributed by atoms with E-state index in [9.17, 15) is 9.59 Å². The minimum absolute atomic E-state index is 0.0414. The summed E-state index contributed by atoms with van der Waals surface area (Å²) in [5.74, 6) is 0.0286. The van der Waals surface area contributed by atoms with Gasteiger partial charge in [-0.05, 0) is 42.3 Å². The van der Waals surface area contributed by atoms with Gasteiger partial charge in [0.05, 0.1) is 11.3 Å². The summed E-state index contributed by atoms with van der Waals surface area (Å²) in [7, 11) is 0. The molecule has 3 aromatic carbocycles. The molecule has 0 N–H and O–H groups in total. The molecule has 2 aliphatic rings. The fourth-order valence-electron chi connectivity index (χ4n) is 4.27. The number of nitrogens with zero attached hydrogens (tertiary/aromatic N) is 1. The number of anilines is 1. The number of rotatable bonds is 5. The first-order chi connectivity index (χ1) is 15.6. The summed E-state index contributed by atoms with van der Waals surface area (Å²) in [5, 5.41) is 0. The lowest BCUT2D eigenvalue weighted by molar-refractivity contribution is -0.136. The van der Waals surface area contributed by atoms with Crippen molar-refractivity contribution in [1.29, 1.82) is 0 Å². The summed E-state index contributed by atoms with van der Waals surface area (Å²) in [5.41, 5.74) is 5.08. The molecule has 1 atom stereocenters. The van der Waals surface area contributed by atoms with Gasteiger partial charge in [-0.3, -0.25) is 9.69 Å². The van der Waals surface area contributed by atoms with Gasteiger partial charge in [0, 0.05) is 18.0 Å². The van der Waals surface area contributed by atoms with Crippen molar-refractivity contribution in [3.8, 4) is 5.75 Å². The van der Waals surface area contributed by atoms with E-state index in [1.54, 1.807) is 4.90 Å². The molecule has 0 radical (unpaired) electrons. The van der Waals surface area contributed by atoms with Crippen molar-refractivity contribution < 1.29 is 19.1 Å². The van der Waals surface area contributed by atoms with Gasteiger partial charge in [0.25, 0.3) is 0 Å². The van der Waals surface area contributed by atoms with E-state index < -0.39 is 0 Å². The van der Waals surface area contributed by atoms with Crippen LogP contribution in [0.1, 0.15) is 29.0 Å². The molecule has 1 amide bonds. The van der Waals surface area contributed by atoms with Crippen molar-refractivity contribution in [2.45, 2.75) is 25.9 Å². The van der Waals surface area contributed by atoms with Crippen LogP contribution in [0.15, 0.2) is 90.1 Å². The predicted molar refractivity (Wildman–Crippen MR) is 121 cm³/mol. The second-order valence-corrected chi connectivity index (χ2v) is 8.10. The highest BCUT2D eigenvalue weighted by molar-refractivity contribution is 6.06. The molecule has 0 saturated heterocycles. The lowest BCUT2D eigenvalue weighted by Gasteiger charge is -2.32. The predicted octanol–water partition coefficient (Wildman–Crippen LogP) is 4.91. The highest BCUT2D eigenvalue weighted by Gasteiger charge is 2.42. The van der Waals surface area contributed by atoms with E-state index in [0.29, 0.717) is 17.9 Å². The Morgan fingerprint density at radius 1 is 0.938 bits per heavy atom. The Morgan fingerprint density at radius 3 is 2.38 bits per heavy atom. The summed E-state index contributed by atoms with van der Waals surface area (Å²) in [4.78, 5) is 27.4. The molecular weight excluding hydrogens is 402 g/mol. The fourth-order valence-corrected chi connectivity index (χ4v) is 4.27. The van der Waals surface area contributed by atoms with Crippen LogP contribution in [-0.2, 0) is 20.9 Å². The first-order valence-electron chi connectivity index (χ1n) is 10.7. The molecule has 32 heavy (non-hydrogen) atoms. The number of hydrogen-bond donors (Lipinski definition) is 0. The lowest BCUT2D eigenvalue weighted by atomic mass is 9.84. The molecule has 0 unspecified atom stereocenters. The van der Waals surface area contributed by atoms with Gasteiger partial charge >= 0.3 is 5.97 Å². The summed E-state index contributed by atoms with van der Waals surface area (Å²) >= 11 is 0. The standard InChI is InChI=1S/C27H23NO4/c1-18-7-11-21(12-8-18)28-24-17-32-27(30)26(24)23(15-25(28)29)20-9-13-22(14-10-20)31-16-19-5-3-2-4-6-19/h2-14,23H,15-17H2,1H3/t23-/m1/s1. The number of benzene rings is 3. The molecular formula is C27H23NO4. The third-order valence-corrected chi connectivity index (χ3v) is 5.94. The first kappa shape index (κ1) is 20.1. The summed E-state index contributed by atoms with van der Waals surface area (Å²) in [6.07, 6.45) is 0.214. The van der Waals surface area contributed by atoms with Crippen molar-refractivity contribution in [3.63, 3.8) is 0 Å². The second kappa shape index (κ2) is 8.35. The van der Waals surface area contributed by atoms with Gasteiger partial charge in [-0.1, -0.05) is 60.2 Å². The van der Waals surface area contributed by atoms with E-state index >= 15 is 0 Å². The summed E-state index contributed by atoms with van der Waals surface area (Å²) in [6.45, 7) is 2.59. The van der Waals surface area contributed by atoms with Crippen molar-refractivity contribution in [1.82, 2.24) is 0 Å². The number of aryl methyl sites for hydroxylation is 1. The zero-order valence-corrected chi connectivity index (χ0v) is 17.8. The van der Waals surface area contributed by atoms with E-state index in [0.717, 1.165) is 28.1 Å². The Morgan fingerprint density at radius 2 is 1.66 bits per heavy atom. The maximum absolute atomic E-state index is 13.1. The minimum Gasteiger partial charge on any atom is -0.489 e. The lowest BCUT2D eigenvalue weighted by Crippen LogP contribution is -2.37. The minimum atomic E-state index is -0.348. The van der Waals surface area contributed by atoms with Gasteiger partial charge in [0.15, 0.2) is 0 Å². The number of cyclic esters (lactones) is 1. The molecule has 0 aliphatic carbocycles. The molecule has 5 nitrogen and oxygen atoms in total. The van der Waals surface area contributed by atoms with Crippen LogP contribution in [0, 0.1) is 6.92 Å². The number of hydrogen-bond acceptors (Lipinski definition) is 4. The smallest absolute Gasteiger partial charge is 0.336 e. The molecule has 5 heteroatoms. The van der Waals surface area contributed by atoms with Crippen LogP contribution in [0.25, 0.3) is 0 Å². The maximum atomic E-state index is 13.1. The largest absolute Gasteiger partial charge is 0.489 e. The van der Waals surface area contributed by atoms with E-state index in [1.165, 1.54) is 0 Å². The number of carbonyl (C=O) groups is 2. The molecule has 2 aliphatic heterocycles. The Kier molecular flexibility index (Phi) is 5.23. The Hall–Kier alpha value is -3.86. The fraction of sp³-hybridized carbons (Fsp3) is 0.185. The molecule has 0 saturated carbocycles. The topological polar surface area (TPSA) is 55.8 Å². The second-order valence-electron chi connectivity index (χ2n) is 8.10.